The number of halogens is 1. The van der Waals surface area contributed by atoms with Crippen LogP contribution < -0.4 is 5.32 Å². The fourth-order valence-corrected chi connectivity index (χ4v) is 1.85. The molecule has 2 rings (SSSR count). The normalized spacial score (nSPS) is 11.2. The molecule has 0 aliphatic heterocycles. The Kier molecular flexibility index (Phi) is 4.04. The molecule has 0 saturated heterocycles. The highest BCUT2D eigenvalue weighted by Crippen LogP contribution is 2.21. The van der Waals surface area contributed by atoms with Gasteiger partial charge in [0.05, 0.1) is 0 Å². The molecule has 5 heteroatoms. The Bertz CT molecular complexity index is 618. The predicted octanol–water partition coefficient (Wildman–Crippen LogP) is 3.33. The third kappa shape index (κ3) is 3.78. The quantitative estimate of drug-likeness (QED) is 0.922. The molecule has 1 amide bonds. The summed E-state index contributed by atoms with van der Waals surface area (Å²) in [6.07, 6.45) is 3.24. The summed E-state index contributed by atoms with van der Waals surface area (Å²) in [5.41, 5.74) is 1.42. The average molecular weight is 290 g/mol. The first-order valence-corrected chi connectivity index (χ1v) is 6.63. The van der Waals surface area contributed by atoms with E-state index in [1.807, 2.05) is 39.0 Å². The van der Waals surface area contributed by atoms with E-state index in [1.165, 1.54) is 0 Å². The second kappa shape index (κ2) is 5.59. The van der Waals surface area contributed by atoms with Crippen LogP contribution >= 0.6 is 11.6 Å². The fraction of sp³-hybridized carbons (Fsp3) is 0.267. The topological polar surface area (TPSA) is 54.9 Å². The minimum atomic E-state index is -0.313. The van der Waals surface area contributed by atoms with Crippen LogP contribution in [0.5, 0.6) is 0 Å². The molecule has 0 aliphatic carbocycles. The lowest BCUT2D eigenvalue weighted by Crippen LogP contribution is -2.41. The van der Waals surface area contributed by atoms with Crippen LogP contribution in [0.25, 0.3) is 11.1 Å². The molecule has 1 N–H and O–H groups in total. The lowest BCUT2D eigenvalue weighted by molar-refractivity contribution is 0.0909. The Labute approximate surface area is 123 Å². The van der Waals surface area contributed by atoms with Gasteiger partial charge in [0.25, 0.3) is 5.91 Å². The van der Waals surface area contributed by atoms with Crippen LogP contribution in [-0.4, -0.2) is 21.4 Å². The third-order valence-corrected chi connectivity index (χ3v) is 2.74. The number of carbonyl (C=O) groups is 1. The largest absolute Gasteiger partial charge is 0.345 e. The Hall–Kier alpha value is -1.94. The first-order valence-electron chi connectivity index (χ1n) is 6.26. The first kappa shape index (κ1) is 14.5. The van der Waals surface area contributed by atoms with Crippen molar-refractivity contribution in [3.05, 3.63) is 47.5 Å². The van der Waals surface area contributed by atoms with Crippen LogP contribution in [0.2, 0.25) is 5.02 Å². The van der Waals surface area contributed by atoms with Crippen LogP contribution in [-0.2, 0) is 0 Å². The van der Waals surface area contributed by atoms with Crippen LogP contribution in [0.3, 0.4) is 0 Å². The Morgan fingerprint density at radius 3 is 2.35 bits per heavy atom. The maximum Gasteiger partial charge on any atom is 0.289 e. The van der Waals surface area contributed by atoms with Crippen molar-refractivity contribution in [2.45, 2.75) is 26.3 Å². The van der Waals surface area contributed by atoms with Crippen molar-refractivity contribution in [3.63, 3.8) is 0 Å². The molecule has 1 aromatic carbocycles. The van der Waals surface area contributed by atoms with E-state index in [4.69, 9.17) is 11.6 Å². The van der Waals surface area contributed by atoms with Gasteiger partial charge in [-0.05, 0) is 38.5 Å². The summed E-state index contributed by atoms with van der Waals surface area (Å²) >= 11 is 5.94. The van der Waals surface area contributed by atoms with Crippen LogP contribution in [0.15, 0.2) is 36.7 Å². The van der Waals surface area contributed by atoms with Crippen LogP contribution in [0.1, 0.15) is 31.4 Å². The van der Waals surface area contributed by atoms with Gasteiger partial charge in [0.2, 0.25) is 5.82 Å². The second-order valence-electron chi connectivity index (χ2n) is 5.51. The smallest absolute Gasteiger partial charge is 0.289 e. The summed E-state index contributed by atoms with van der Waals surface area (Å²) in [6.45, 7) is 5.72. The van der Waals surface area contributed by atoms with E-state index in [2.05, 4.69) is 15.3 Å². The number of carbonyl (C=O) groups excluding carboxylic acids is 1. The molecular formula is C15H16ClN3O. The van der Waals surface area contributed by atoms with Gasteiger partial charge in [-0.1, -0.05) is 23.7 Å². The summed E-state index contributed by atoms with van der Waals surface area (Å²) in [7, 11) is 0. The van der Waals surface area contributed by atoms with E-state index in [0.717, 1.165) is 11.1 Å². The lowest BCUT2D eigenvalue weighted by Gasteiger charge is -2.19. The van der Waals surface area contributed by atoms with E-state index in [9.17, 15) is 4.79 Å². The zero-order valence-corrected chi connectivity index (χ0v) is 12.4. The molecule has 0 spiro atoms. The highest BCUT2D eigenvalue weighted by atomic mass is 35.5. The van der Waals surface area contributed by atoms with E-state index in [-0.39, 0.29) is 17.3 Å². The number of benzene rings is 1. The van der Waals surface area contributed by atoms with Gasteiger partial charge >= 0.3 is 0 Å². The molecule has 4 nitrogen and oxygen atoms in total. The van der Waals surface area contributed by atoms with E-state index in [1.54, 1.807) is 18.5 Å². The SMILES string of the molecule is CC(C)(C)NC(=O)c1ncc(-c2cccc(Cl)c2)cn1. The number of rotatable bonds is 2. The van der Waals surface area contributed by atoms with Crippen molar-refractivity contribution >= 4 is 17.5 Å². The maximum atomic E-state index is 11.9. The van der Waals surface area contributed by atoms with Crippen molar-refractivity contribution < 1.29 is 4.79 Å². The van der Waals surface area contributed by atoms with Gasteiger partial charge in [-0.15, -0.1) is 0 Å². The maximum absolute atomic E-state index is 11.9. The molecule has 0 aliphatic rings. The van der Waals surface area contributed by atoms with Crippen molar-refractivity contribution in [3.8, 4) is 11.1 Å². The van der Waals surface area contributed by atoms with Gasteiger partial charge in [0, 0.05) is 28.5 Å². The highest BCUT2D eigenvalue weighted by Gasteiger charge is 2.17. The molecular weight excluding hydrogens is 274 g/mol. The van der Waals surface area contributed by atoms with E-state index >= 15 is 0 Å². The van der Waals surface area contributed by atoms with Crippen LogP contribution in [0.4, 0.5) is 0 Å². The molecule has 20 heavy (non-hydrogen) atoms. The number of nitrogens with one attached hydrogen (secondary N) is 1. The van der Waals surface area contributed by atoms with Gasteiger partial charge in [-0.25, -0.2) is 9.97 Å². The number of aromatic nitrogens is 2. The zero-order chi connectivity index (χ0) is 14.8. The first-order chi connectivity index (χ1) is 9.35. The molecule has 1 aromatic heterocycles. The molecule has 0 bridgehead atoms. The van der Waals surface area contributed by atoms with Gasteiger partial charge < -0.3 is 5.32 Å². The summed E-state index contributed by atoms with van der Waals surface area (Å²) in [5, 5.41) is 3.47. The molecule has 0 atom stereocenters. The fourth-order valence-electron chi connectivity index (χ4n) is 1.66. The molecule has 0 saturated carbocycles. The lowest BCUT2D eigenvalue weighted by atomic mass is 10.1. The molecule has 1 heterocycles. The van der Waals surface area contributed by atoms with E-state index < -0.39 is 0 Å². The summed E-state index contributed by atoms with van der Waals surface area (Å²) in [4.78, 5) is 20.1. The monoisotopic (exact) mass is 289 g/mol. The minimum absolute atomic E-state index is 0.158. The second-order valence-corrected chi connectivity index (χ2v) is 5.95. The Morgan fingerprint density at radius 1 is 1.15 bits per heavy atom. The molecule has 0 unspecified atom stereocenters. The standard InChI is InChI=1S/C15H16ClN3O/c1-15(2,3)19-14(20)13-17-8-11(9-18-13)10-5-4-6-12(16)7-10/h4-9H,1-3H3,(H,19,20). The average Bonchev–Trinajstić information content (AvgIpc) is 2.37. The zero-order valence-electron chi connectivity index (χ0n) is 11.6. The van der Waals surface area contributed by atoms with Gasteiger partial charge in [0.15, 0.2) is 0 Å². The number of hydrogen-bond acceptors (Lipinski definition) is 3. The van der Waals surface area contributed by atoms with Gasteiger partial charge in [-0.3, -0.25) is 4.79 Å². The number of nitrogens with zero attached hydrogens (tertiary/aromatic N) is 2. The van der Waals surface area contributed by atoms with Crippen molar-refractivity contribution in [2.75, 3.05) is 0 Å². The van der Waals surface area contributed by atoms with Gasteiger partial charge in [-0.2, -0.15) is 0 Å². The molecule has 0 radical (unpaired) electrons. The van der Waals surface area contributed by atoms with Crippen molar-refractivity contribution in [1.82, 2.24) is 15.3 Å². The number of amides is 1. The molecule has 104 valence electrons. The van der Waals surface area contributed by atoms with Crippen LogP contribution in [0, 0.1) is 0 Å². The number of hydrogen-bond donors (Lipinski definition) is 1. The van der Waals surface area contributed by atoms with Crippen molar-refractivity contribution in [1.29, 1.82) is 0 Å². The third-order valence-electron chi connectivity index (χ3n) is 2.50. The Morgan fingerprint density at radius 2 is 1.80 bits per heavy atom. The van der Waals surface area contributed by atoms with E-state index in [0.29, 0.717) is 5.02 Å². The predicted molar refractivity (Wildman–Crippen MR) is 79.7 cm³/mol. The molecule has 2 aromatic rings. The van der Waals surface area contributed by atoms with Crippen molar-refractivity contribution in [2.24, 2.45) is 0 Å². The highest BCUT2D eigenvalue weighted by molar-refractivity contribution is 6.30. The summed E-state index contributed by atoms with van der Waals surface area (Å²) in [5.74, 6) is -0.124. The summed E-state index contributed by atoms with van der Waals surface area (Å²) in [6, 6.07) is 7.41. The van der Waals surface area contributed by atoms with Gasteiger partial charge in [0.1, 0.15) is 0 Å². The Balaban J connectivity index is 2.20. The minimum Gasteiger partial charge on any atom is -0.345 e. The summed E-state index contributed by atoms with van der Waals surface area (Å²) < 4.78 is 0. The molecule has 0 fully saturated rings.